The van der Waals surface area contributed by atoms with Gasteiger partial charge >= 0.3 is 0 Å². The van der Waals surface area contributed by atoms with E-state index in [2.05, 4.69) is 15.1 Å². The van der Waals surface area contributed by atoms with Gasteiger partial charge in [-0.2, -0.15) is 5.10 Å². The lowest BCUT2D eigenvalue weighted by atomic mass is 10.2. The Bertz CT molecular complexity index is 1220. The van der Waals surface area contributed by atoms with E-state index in [1.54, 1.807) is 18.2 Å². The zero-order chi connectivity index (χ0) is 21.2. The molecule has 0 aliphatic rings. The molecule has 0 unspecified atom stereocenters. The van der Waals surface area contributed by atoms with E-state index < -0.39 is 15.7 Å². The number of halogens is 1. The van der Waals surface area contributed by atoms with Crippen LogP contribution in [0.4, 0.5) is 10.2 Å². The second-order valence-electron chi connectivity index (χ2n) is 6.11. The minimum absolute atomic E-state index is 0.0144. The Morgan fingerprint density at radius 2 is 2.10 bits per heavy atom. The van der Waals surface area contributed by atoms with Crippen molar-refractivity contribution in [1.82, 2.24) is 19.7 Å². The van der Waals surface area contributed by atoms with Gasteiger partial charge in [0.15, 0.2) is 15.7 Å². The van der Waals surface area contributed by atoms with Crippen molar-refractivity contribution in [3.63, 3.8) is 0 Å². The highest BCUT2D eigenvalue weighted by Gasteiger charge is 2.19. The number of nitrogens with zero attached hydrogens (tertiary/aromatic N) is 4. The Balaban J connectivity index is 2.08. The van der Waals surface area contributed by atoms with Gasteiger partial charge in [0, 0.05) is 11.8 Å². The molecule has 29 heavy (non-hydrogen) atoms. The van der Waals surface area contributed by atoms with E-state index in [9.17, 15) is 12.8 Å². The predicted octanol–water partition coefficient (Wildman–Crippen LogP) is 1.95. The molecule has 0 atom stereocenters. The molecule has 0 aliphatic heterocycles. The van der Waals surface area contributed by atoms with E-state index in [0.717, 1.165) is 18.5 Å². The van der Waals surface area contributed by atoms with E-state index in [4.69, 9.17) is 16.2 Å². The maximum atomic E-state index is 14.0. The lowest BCUT2D eigenvalue weighted by Crippen LogP contribution is -2.11. The summed E-state index contributed by atoms with van der Waals surface area (Å²) in [5.74, 6) is -0.616. The molecular formula is C18H17FN6O3S. The lowest BCUT2D eigenvalue weighted by molar-refractivity contribution is 0.474. The smallest absolute Gasteiger partial charge is 0.182 e. The van der Waals surface area contributed by atoms with Gasteiger partial charge in [0.2, 0.25) is 0 Å². The molecule has 0 aliphatic carbocycles. The Hall–Kier alpha value is -3.60. The third kappa shape index (κ3) is 4.29. The highest BCUT2D eigenvalue weighted by molar-refractivity contribution is 7.90. The van der Waals surface area contributed by atoms with Crippen LogP contribution in [0.15, 0.2) is 53.8 Å². The molecule has 3 aromatic rings. The fraction of sp³-hybridized carbons (Fsp3) is 0.111. The van der Waals surface area contributed by atoms with Crippen molar-refractivity contribution in [2.75, 3.05) is 12.0 Å². The Kier molecular flexibility index (Phi) is 5.41. The van der Waals surface area contributed by atoms with Gasteiger partial charge in [0.05, 0.1) is 30.4 Å². The highest BCUT2D eigenvalue weighted by atomic mass is 32.2. The quantitative estimate of drug-likeness (QED) is 0.411. The number of nitrogens with one attached hydrogen (secondary N) is 1. The number of hydrogen-bond acceptors (Lipinski definition) is 8. The maximum absolute atomic E-state index is 14.0. The van der Waals surface area contributed by atoms with Crippen molar-refractivity contribution in [1.29, 1.82) is 5.41 Å². The topological polar surface area (TPSA) is 148 Å². The molecule has 2 heterocycles. The summed E-state index contributed by atoms with van der Waals surface area (Å²) in [6, 6.07) is 7.60. The van der Waals surface area contributed by atoms with Crippen LogP contribution in [-0.4, -0.2) is 45.2 Å². The van der Waals surface area contributed by atoms with Gasteiger partial charge in [0.25, 0.3) is 0 Å². The van der Waals surface area contributed by atoms with E-state index in [0.29, 0.717) is 11.8 Å². The van der Waals surface area contributed by atoms with Crippen LogP contribution in [0.1, 0.15) is 11.3 Å². The largest absolute Gasteiger partial charge is 0.516 e. The summed E-state index contributed by atoms with van der Waals surface area (Å²) in [6.07, 6.45) is 3.92. The zero-order valence-electron chi connectivity index (χ0n) is 15.2. The fourth-order valence-corrected chi connectivity index (χ4v) is 3.27. The molecule has 11 heteroatoms. The molecule has 1 aromatic carbocycles. The summed E-state index contributed by atoms with van der Waals surface area (Å²) >= 11 is 0. The van der Waals surface area contributed by atoms with E-state index in [1.165, 1.54) is 16.8 Å². The minimum atomic E-state index is -3.59. The molecule has 150 valence electrons. The molecule has 4 N–H and O–H groups in total. The molecule has 0 saturated heterocycles. The molecule has 0 bridgehead atoms. The van der Waals surface area contributed by atoms with Gasteiger partial charge in [-0.1, -0.05) is 18.2 Å². The Morgan fingerprint density at radius 1 is 1.38 bits per heavy atom. The summed E-state index contributed by atoms with van der Waals surface area (Å²) in [7, 11) is -3.59. The van der Waals surface area contributed by atoms with Crippen LogP contribution in [-0.2, 0) is 16.4 Å². The van der Waals surface area contributed by atoms with Gasteiger partial charge in [-0.15, -0.1) is 0 Å². The number of benzene rings is 1. The first kappa shape index (κ1) is 20.1. The summed E-state index contributed by atoms with van der Waals surface area (Å²) < 4.78 is 38.8. The number of allylic oxidation sites excluding steroid dienone is 1. The molecule has 0 fully saturated rings. The zero-order valence-corrected chi connectivity index (χ0v) is 16.1. The summed E-state index contributed by atoms with van der Waals surface area (Å²) in [5.41, 5.74) is 6.48. The molecule has 2 aromatic heterocycles. The SMILES string of the molecule is CS(=O)(=O)c1cnc(-c2cc(C(=N)/C=C\O)n(Cc3ccccc3F)n2)nc1N. The number of sulfone groups is 1. The third-order valence-corrected chi connectivity index (χ3v) is 5.10. The number of nitrogens with two attached hydrogens (primary N) is 1. The van der Waals surface area contributed by atoms with Crippen LogP contribution in [0.2, 0.25) is 0 Å². The molecule has 0 radical (unpaired) electrons. The van der Waals surface area contributed by atoms with Gasteiger partial charge in [-0.25, -0.2) is 22.8 Å². The Morgan fingerprint density at radius 3 is 2.72 bits per heavy atom. The first-order valence-electron chi connectivity index (χ1n) is 8.24. The summed E-state index contributed by atoms with van der Waals surface area (Å²) in [5, 5.41) is 21.4. The van der Waals surface area contributed by atoms with Crippen LogP contribution >= 0.6 is 0 Å². The van der Waals surface area contributed by atoms with E-state index in [-0.39, 0.29) is 40.2 Å². The monoisotopic (exact) mass is 416 g/mol. The number of aliphatic hydroxyl groups excluding tert-OH is 1. The molecule has 0 amide bonds. The molecule has 9 nitrogen and oxygen atoms in total. The number of nitrogen functional groups attached to an aromatic ring is 1. The second-order valence-corrected chi connectivity index (χ2v) is 8.09. The number of aromatic nitrogens is 4. The molecule has 3 rings (SSSR count). The van der Waals surface area contributed by atoms with Crippen LogP contribution in [0.5, 0.6) is 0 Å². The summed E-state index contributed by atoms with van der Waals surface area (Å²) in [4.78, 5) is 7.79. The van der Waals surface area contributed by atoms with Crippen molar-refractivity contribution in [3.05, 3.63) is 65.9 Å². The lowest BCUT2D eigenvalue weighted by Gasteiger charge is -2.07. The minimum Gasteiger partial charge on any atom is -0.516 e. The van der Waals surface area contributed by atoms with Crippen LogP contribution in [0.3, 0.4) is 0 Å². The number of hydrogen-bond donors (Lipinski definition) is 3. The van der Waals surface area contributed by atoms with Crippen LogP contribution in [0.25, 0.3) is 11.5 Å². The molecular weight excluding hydrogens is 399 g/mol. The first-order chi connectivity index (χ1) is 13.7. The first-order valence-corrected chi connectivity index (χ1v) is 10.1. The van der Waals surface area contributed by atoms with E-state index in [1.807, 2.05) is 0 Å². The van der Waals surface area contributed by atoms with Crippen LogP contribution in [0, 0.1) is 11.2 Å². The number of aliphatic hydroxyl groups is 1. The van der Waals surface area contributed by atoms with Crippen molar-refractivity contribution in [3.8, 4) is 11.5 Å². The molecule has 0 saturated carbocycles. The van der Waals surface area contributed by atoms with Gasteiger partial charge in [-0.05, 0) is 18.2 Å². The second kappa shape index (κ2) is 7.80. The number of rotatable bonds is 6. The van der Waals surface area contributed by atoms with Gasteiger partial charge in [-0.3, -0.25) is 10.1 Å². The van der Waals surface area contributed by atoms with Crippen molar-refractivity contribution < 1.29 is 17.9 Å². The van der Waals surface area contributed by atoms with Crippen molar-refractivity contribution >= 4 is 21.4 Å². The van der Waals surface area contributed by atoms with Gasteiger partial charge < -0.3 is 10.8 Å². The third-order valence-electron chi connectivity index (χ3n) is 3.99. The van der Waals surface area contributed by atoms with Crippen LogP contribution < -0.4 is 5.73 Å². The fourth-order valence-electron chi connectivity index (χ4n) is 2.60. The summed E-state index contributed by atoms with van der Waals surface area (Å²) in [6.45, 7) is 0.0144. The predicted molar refractivity (Wildman–Crippen MR) is 105 cm³/mol. The Labute approximate surface area is 165 Å². The normalized spacial score (nSPS) is 11.8. The average molecular weight is 416 g/mol. The highest BCUT2D eigenvalue weighted by Crippen LogP contribution is 2.22. The maximum Gasteiger partial charge on any atom is 0.182 e. The standard InChI is InChI=1S/C18H17FN6O3S/c1-29(27,28)16-9-22-18(23-17(16)21)14-8-15(13(20)6-7-26)25(24-14)10-11-4-2-3-5-12(11)19/h2-9,20,26H,10H2,1H3,(H2,21,22,23)/b7-6-,20-13?. The van der Waals surface area contributed by atoms with Crippen molar-refractivity contribution in [2.24, 2.45) is 0 Å². The van der Waals surface area contributed by atoms with Gasteiger partial charge in [0.1, 0.15) is 22.2 Å². The van der Waals surface area contributed by atoms with E-state index >= 15 is 0 Å². The molecule has 0 spiro atoms. The van der Waals surface area contributed by atoms with Crippen molar-refractivity contribution in [2.45, 2.75) is 11.4 Å². The average Bonchev–Trinajstić information content (AvgIpc) is 3.07. The number of anilines is 1.